The van der Waals surface area contributed by atoms with Gasteiger partial charge in [-0.05, 0) is 94.8 Å². The Balaban J connectivity index is 1.68. The van der Waals surface area contributed by atoms with Crippen LogP contribution in [0.5, 0.6) is 11.5 Å². The summed E-state index contributed by atoms with van der Waals surface area (Å²) in [4.78, 5) is 11.6. The lowest BCUT2D eigenvalue weighted by molar-refractivity contribution is -0.141. The van der Waals surface area contributed by atoms with Gasteiger partial charge in [0.05, 0.1) is 19.1 Å². The van der Waals surface area contributed by atoms with Crippen molar-refractivity contribution >= 4 is 5.97 Å². The van der Waals surface area contributed by atoms with Crippen LogP contribution in [0.4, 0.5) is 4.39 Å². The highest BCUT2D eigenvalue weighted by molar-refractivity contribution is 5.72. The lowest BCUT2D eigenvalue weighted by atomic mass is 9.77. The number of ether oxygens (including phenoxy) is 3. The molecule has 6 heteroatoms. The molecule has 1 aliphatic carbocycles. The number of carboxylic acid groups (broad SMARTS) is 1. The monoisotopic (exact) mass is 534 g/mol. The molecule has 3 aromatic rings. The van der Waals surface area contributed by atoms with Crippen LogP contribution in [0.1, 0.15) is 74.8 Å². The second kappa shape index (κ2) is 11.8. The molecule has 0 aromatic heterocycles. The molecule has 0 heterocycles. The van der Waals surface area contributed by atoms with Gasteiger partial charge in [0.1, 0.15) is 23.9 Å². The van der Waals surface area contributed by atoms with Crippen LogP contribution in [0, 0.1) is 17.2 Å². The van der Waals surface area contributed by atoms with Crippen LogP contribution < -0.4 is 9.47 Å². The Bertz CT molecular complexity index is 1330. The number of benzene rings is 3. The molecule has 0 aliphatic heterocycles. The molecule has 1 N–H and O–H groups in total. The molecule has 0 bridgehead atoms. The van der Waals surface area contributed by atoms with E-state index in [0.717, 1.165) is 41.5 Å². The number of methoxy groups -OCH3 is 2. The quantitative estimate of drug-likeness (QED) is 0.270. The van der Waals surface area contributed by atoms with Gasteiger partial charge in [-0.25, -0.2) is 4.39 Å². The molecule has 0 unspecified atom stereocenters. The molecule has 0 saturated carbocycles. The summed E-state index contributed by atoms with van der Waals surface area (Å²) in [6.07, 6.45) is 2.32. The van der Waals surface area contributed by atoms with Gasteiger partial charge >= 0.3 is 5.97 Å². The highest BCUT2D eigenvalue weighted by Gasteiger charge is 2.33. The number of aliphatic carboxylic acids is 1. The summed E-state index contributed by atoms with van der Waals surface area (Å²) in [5.74, 6) is -0.263. The van der Waals surface area contributed by atoms with Crippen molar-refractivity contribution in [2.75, 3.05) is 14.2 Å². The Hall–Kier alpha value is -3.38. The van der Waals surface area contributed by atoms with E-state index in [0.29, 0.717) is 23.7 Å². The van der Waals surface area contributed by atoms with Crippen LogP contribution in [-0.2, 0) is 22.6 Å². The molecule has 3 aromatic carbocycles. The van der Waals surface area contributed by atoms with Crippen LogP contribution in [0.2, 0.25) is 0 Å². The Kier molecular flexibility index (Phi) is 8.65. The maximum absolute atomic E-state index is 15.1. The van der Waals surface area contributed by atoms with Crippen molar-refractivity contribution < 1.29 is 28.5 Å². The molecule has 208 valence electrons. The number of halogens is 1. The third kappa shape index (κ3) is 5.96. The van der Waals surface area contributed by atoms with E-state index >= 15 is 4.39 Å². The molecular weight excluding hydrogens is 495 g/mol. The maximum Gasteiger partial charge on any atom is 0.306 e. The fourth-order valence-corrected chi connectivity index (χ4v) is 5.61. The minimum atomic E-state index is -0.776. The van der Waals surface area contributed by atoms with Crippen LogP contribution >= 0.6 is 0 Å². The number of carbonyl (C=O) groups is 1. The summed E-state index contributed by atoms with van der Waals surface area (Å²) < 4.78 is 32.7. The number of carboxylic acids is 1. The normalized spacial score (nSPS) is 16.4. The molecule has 1 aliphatic rings. The molecule has 5 nitrogen and oxygen atoms in total. The Labute approximate surface area is 230 Å². The van der Waals surface area contributed by atoms with Crippen molar-refractivity contribution in [1.82, 2.24) is 0 Å². The fraction of sp³-hybridized carbons (Fsp3) is 0.424. The summed E-state index contributed by atoms with van der Waals surface area (Å²) in [6, 6.07) is 16.7. The topological polar surface area (TPSA) is 65.0 Å². The number of aryl methyl sites for hydroxylation is 1. The number of hydrogen-bond acceptors (Lipinski definition) is 4. The molecule has 39 heavy (non-hydrogen) atoms. The van der Waals surface area contributed by atoms with E-state index in [2.05, 4.69) is 20.8 Å². The van der Waals surface area contributed by atoms with Gasteiger partial charge in [0.25, 0.3) is 0 Å². The second-order valence-corrected chi connectivity index (χ2v) is 11.1. The Morgan fingerprint density at radius 1 is 1.05 bits per heavy atom. The van der Waals surface area contributed by atoms with Crippen molar-refractivity contribution in [2.24, 2.45) is 11.3 Å². The van der Waals surface area contributed by atoms with E-state index in [1.165, 1.54) is 11.6 Å². The minimum absolute atomic E-state index is 0.0107. The van der Waals surface area contributed by atoms with Gasteiger partial charge in [0.2, 0.25) is 0 Å². The van der Waals surface area contributed by atoms with Gasteiger partial charge < -0.3 is 19.3 Å². The summed E-state index contributed by atoms with van der Waals surface area (Å²) in [7, 11) is 3.26. The molecule has 0 spiro atoms. The average Bonchev–Trinajstić information content (AvgIpc) is 3.35. The van der Waals surface area contributed by atoms with Gasteiger partial charge in [-0.15, -0.1) is 0 Å². The molecule has 0 radical (unpaired) electrons. The van der Waals surface area contributed by atoms with E-state index in [4.69, 9.17) is 14.2 Å². The van der Waals surface area contributed by atoms with Gasteiger partial charge in [-0.2, -0.15) is 0 Å². The second-order valence-electron chi connectivity index (χ2n) is 11.1. The van der Waals surface area contributed by atoms with Gasteiger partial charge in [-0.1, -0.05) is 45.9 Å². The zero-order valence-electron chi connectivity index (χ0n) is 23.7. The number of rotatable bonds is 11. The van der Waals surface area contributed by atoms with Crippen molar-refractivity contribution in [2.45, 2.75) is 65.6 Å². The molecular formula is C33H39FO5. The van der Waals surface area contributed by atoms with Crippen molar-refractivity contribution in [3.05, 3.63) is 82.7 Å². The zero-order chi connectivity index (χ0) is 28.3. The van der Waals surface area contributed by atoms with Crippen molar-refractivity contribution in [1.29, 1.82) is 0 Å². The highest BCUT2D eigenvalue weighted by Crippen LogP contribution is 2.44. The molecule has 4 rings (SSSR count). The van der Waals surface area contributed by atoms with E-state index < -0.39 is 11.9 Å². The summed E-state index contributed by atoms with van der Waals surface area (Å²) in [5.41, 5.74) is 5.10. The van der Waals surface area contributed by atoms with Gasteiger partial charge in [0, 0.05) is 12.7 Å². The third-order valence-electron chi connectivity index (χ3n) is 8.36. The number of hydrogen-bond donors (Lipinski definition) is 1. The molecule has 0 saturated heterocycles. The van der Waals surface area contributed by atoms with E-state index in [1.807, 2.05) is 36.4 Å². The lowest BCUT2D eigenvalue weighted by Gasteiger charge is -2.34. The predicted molar refractivity (Wildman–Crippen MR) is 151 cm³/mol. The first kappa shape index (κ1) is 28.6. The maximum atomic E-state index is 15.1. The first-order valence-corrected chi connectivity index (χ1v) is 13.6. The SMILES string of the molecule is CCC(C)(C)[C@@H](OC)c1cc(COc2ccc3c(c2)[C@@H]([C@@H](C)C(=O)O)CC3)ccc1-c1cc(OC)ccc1F. The fourth-order valence-electron chi connectivity index (χ4n) is 5.61. The summed E-state index contributed by atoms with van der Waals surface area (Å²) in [5, 5.41) is 9.53. The Morgan fingerprint density at radius 3 is 2.46 bits per heavy atom. The van der Waals surface area contributed by atoms with E-state index in [1.54, 1.807) is 33.3 Å². The van der Waals surface area contributed by atoms with Crippen LogP contribution in [0.3, 0.4) is 0 Å². The highest BCUT2D eigenvalue weighted by atomic mass is 19.1. The van der Waals surface area contributed by atoms with Crippen molar-refractivity contribution in [3.63, 3.8) is 0 Å². The van der Waals surface area contributed by atoms with Gasteiger partial charge in [0.15, 0.2) is 0 Å². The van der Waals surface area contributed by atoms with Crippen LogP contribution in [0.25, 0.3) is 11.1 Å². The van der Waals surface area contributed by atoms with Crippen molar-refractivity contribution in [3.8, 4) is 22.6 Å². The van der Waals surface area contributed by atoms with E-state index in [-0.39, 0.29) is 23.3 Å². The first-order valence-electron chi connectivity index (χ1n) is 13.6. The molecule has 3 atom stereocenters. The standard InChI is InChI=1S/C33H39FO5/c1-7-33(3,4)31(38-6)29-16-21(8-13-26(29)28-17-23(37-5)12-15-30(28)34)19-39-24-11-9-22-10-14-25(27(22)18-24)20(2)32(35)36/h8-9,11-13,15-18,20,25,31H,7,10,14,19H2,1-6H3,(H,35,36)/t20-,25-,31+/m1/s1. The largest absolute Gasteiger partial charge is 0.497 e. The first-order chi connectivity index (χ1) is 18.6. The average molecular weight is 535 g/mol. The summed E-state index contributed by atoms with van der Waals surface area (Å²) in [6.45, 7) is 8.50. The minimum Gasteiger partial charge on any atom is -0.497 e. The van der Waals surface area contributed by atoms with Crippen LogP contribution in [-0.4, -0.2) is 25.3 Å². The lowest BCUT2D eigenvalue weighted by Crippen LogP contribution is -2.24. The molecule has 0 amide bonds. The van der Waals surface area contributed by atoms with Crippen LogP contribution in [0.15, 0.2) is 54.6 Å². The van der Waals surface area contributed by atoms with E-state index in [9.17, 15) is 9.90 Å². The smallest absolute Gasteiger partial charge is 0.306 e. The Morgan fingerprint density at radius 2 is 1.79 bits per heavy atom. The zero-order valence-corrected chi connectivity index (χ0v) is 23.7. The van der Waals surface area contributed by atoms with Gasteiger partial charge in [-0.3, -0.25) is 4.79 Å². The third-order valence-corrected chi connectivity index (χ3v) is 8.36. The molecule has 0 fully saturated rings. The number of fused-ring (bicyclic) bond motifs is 1. The summed E-state index contributed by atoms with van der Waals surface area (Å²) >= 11 is 0. The predicted octanol–water partition coefficient (Wildman–Crippen LogP) is 7.95.